The van der Waals surface area contributed by atoms with E-state index in [0.717, 1.165) is 16.3 Å². The zero-order valence-electron chi connectivity index (χ0n) is 15.3. The van der Waals surface area contributed by atoms with Gasteiger partial charge in [-0.1, -0.05) is 36.4 Å². The summed E-state index contributed by atoms with van der Waals surface area (Å²) in [5, 5.41) is 15.3. The summed E-state index contributed by atoms with van der Waals surface area (Å²) in [4.78, 5) is 23.7. The third-order valence-corrected chi connectivity index (χ3v) is 5.24. The maximum Gasteiger partial charge on any atom is 0.247 e. The highest BCUT2D eigenvalue weighted by Crippen LogP contribution is 2.32. The molecule has 1 unspecified atom stereocenters. The molecule has 1 fully saturated rings. The van der Waals surface area contributed by atoms with E-state index in [0.29, 0.717) is 29.4 Å². The number of rotatable bonds is 3. The van der Waals surface area contributed by atoms with Gasteiger partial charge in [0.15, 0.2) is 0 Å². The smallest absolute Gasteiger partial charge is 0.247 e. The molecule has 144 valence electrons. The molecule has 29 heavy (non-hydrogen) atoms. The fraction of sp³-hybridized carbons (Fsp3) is 0.136. The van der Waals surface area contributed by atoms with Crippen LogP contribution >= 0.6 is 0 Å². The van der Waals surface area contributed by atoms with Crippen LogP contribution in [-0.4, -0.2) is 28.1 Å². The summed E-state index contributed by atoms with van der Waals surface area (Å²) in [6, 6.07) is 16.3. The lowest BCUT2D eigenvalue weighted by Gasteiger charge is -2.12. The van der Waals surface area contributed by atoms with Gasteiger partial charge in [0.25, 0.3) is 0 Å². The molecule has 0 radical (unpaired) electrons. The number of nitrogens with zero attached hydrogens (tertiary/aromatic N) is 1. The number of anilines is 1. The molecule has 2 heterocycles. The van der Waals surface area contributed by atoms with E-state index in [2.05, 4.69) is 20.8 Å². The van der Waals surface area contributed by atoms with Gasteiger partial charge in [-0.15, -0.1) is 0 Å². The van der Waals surface area contributed by atoms with Crippen molar-refractivity contribution in [2.45, 2.75) is 18.9 Å². The van der Waals surface area contributed by atoms with E-state index in [4.69, 9.17) is 0 Å². The lowest BCUT2D eigenvalue weighted by atomic mass is 10.0. The van der Waals surface area contributed by atoms with Crippen LogP contribution in [0.2, 0.25) is 0 Å². The maximum atomic E-state index is 14.5. The zero-order valence-corrected chi connectivity index (χ0v) is 15.3. The van der Waals surface area contributed by atoms with E-state index in [1.54, 1.807) is 6.07 Å². The van der Waals surface area contributed by atoms with Crippen molar-refractivity contribution in [2.75, 3.05) is 5.32 Å². The van der Waals surface area contributed by atoms with E-state index in [1.807, 2.05) is 42.5 Å². The van der Waals surface area contributed by atoms with Crippen molar-refractivity contribution < 1.29 is 14.0 Å². The second-order valence-corrected chi connectivity index (χ2v) is 7.16. The lowest BCUT2D eigenvalue weighted by Crippen LogP contribution is -2.37. The molecule has 0 aliphatic carbocycles. The Morgan fingerprint density at radius 2 is 1.93 bits per heavy atom. The van der Waals surface area contributed by atoms with Crippen LogP contribution in [-0.2, 0) is 9.59 Å². The summed E-state index contributed by atoms with van der Waals surface area (Å²) >= 11 is 0. The maximum absolute atomic E-state index is 14.5. The van der Waals surface area contributed by atoms with Crippen LogP contribution in [0, 0.1) is 5.82 Å². The van der Waals surface area contributed by atoms with Gasteiger partial charge in [-0.2, -0.15) is 5.10 Å². The Morgan fingerprint density at radius 3 is 2.72 bits per heavy atom. The number of hydrogen-bond acceptors (Lipinski definition) is 3. The number of H-pyrrole nitrogens is 1. The topological polar surface area (TPSA) is 86.9 Å². The second kappa shape index (κ2) is 6.70. The van der Waals surface area contributed by atoms with Gasteiger partial charge in [-0.3, -0.25) is 14.7 Å². The molecule has 6 nitrogen and oxygen atoms in total. The molecule has 0 saturated carbocycles. The van der Waals surface area contributed by atoms with Crippen LogP contribution in [0.1, 0.15) is 12.8 Å². The number of nitrogens with one attached hydrogen (secondary N) is 3. The minimum Gasteiger partial charge on any atom is -0.344 e. The summed E-state index contributed by atoms with van der Waals surface area (Å²) < 4.78 is 14.5. The molecular weight excluding hydrogens is 371 g/mol. The number of carbonyl (C=O) groups is 2. The van der Waals surface area contributed by atoms with Gasteiger partial charge < -0.3 is 10.6 Å². The van der Waals surface area contributed by atoms with Crippen LogP contribution in [0.3, 0.4) is 0 Å². The van der Waals surface area contributed by atoms with Crippen molar-refractivity contribution in [2.24, 2.45) is 0 Å². The van der Waals surface area contributed by atoms with E-state index in [9.17, 15) is 14.0 Å². The largest absolute Gasteiger partial charge is 0.344 e. The van der Waals surface area contributed by atoms with Gasteiger partial charge in [0.05, 0.1) is 16.9 Å². The SMILES string of the molecule is O=C1CCC(C(=O)Nc2cc3c(-c4ccc5ccccc5c4)n[nH]c3cc2F)N1. The number of hydrogen-bond donors (Lipinski definition) is 3. The molecule has 1 saturated heterocycles. The summed E-state index contributed by atoms with van der Waals surface area (Å²) in [5.41, 5.74) is 2.17. The summed E-state index contributed by atoms with van der Waals surface area (Å²) in [6.07, 6.45) is 0.704. The Labute approximate surface area is 165 Å². The van der Waals surface area contributed by atoms with Gasteiger partial charge in [0, 0.05) is 23.4 Å². The average molecular weight is 388 g/mol. The van der Waals surface area contributed by atoms with Gasteiger partial charge in [0.2, 0.25) is 11.8 Å². The van der Waals surface area contributed by atoms with Crippen molar-refractivity contribution in [3.05, 3.63) is 60.4 Å². The second-order valence-electron chi connectivity index (χ2n) is 7.16. The monoisotopic (exact) mass is 388 g/mol. The molecule has 0 spiro atoms. The first-order valence-electron chi connectivity index (χ1n) is 9.35. The third kappa shape index (κ3) is 3.10. The van der Waals surface area contributed by atoms with Crippen molar-refractivity contribution in [1.82, 2.24) is 15.5 Å². The van der Waals surface area contributed by atoms with Gasteiger partial charge >= 0.3 is 0 Å². The predicted octanol–water partition coefficient (Wildman–Crippen LogP) is 3.74. The van der Waals surface area contributed by atoms with Crippen LogP contribution in [0.15, 0.2) is 54.6 Å². The summed E-state index contributed by atoms with van der Waals surface area (Å²) in [5.74, 6) is -1.16. The van der Waals surface area contributed by atoms with E-state index in [1.165, 1.54) is 6.07 Å². The fourth-order valence-corrected chi connectivity index (χ4v) is 3.72. The minimum absolute atomic E-state index is 0.0621. The summed E-state index contributed by atoms with van der Waals surface area (Å²) in [6.45, 7) is 0. The summed E-state index contributed by atoms with van der Waals surface area (Å²) in [7, 11) is 0. The molecule has 1 aromatic heterocycles. The molecule has 7 heteroatoms. The molecule has 1 aliphatic rings. The van der Waals surface area contributed by atoms with Crippen molar-refractivity contribution >= 4 is 39.2 Å². The number of benzene rings is 3. The van der Waals surface area contributed by atoms with Crippen LogP contribution < -0.4 is 10.6 Å². The number of fused-ring (bicyclic) bond motifs is 2. The molecule has 1 atom stereocenters. The highest BCUT2D eigenvalue weighted by molar-refractivity contribution is 6.02. The Balaban J connectivity index is 1.53. The van der Waals surface area contributed by atoms with Crippen molar-refractivity contribution in [1.29, 1.82) is 0 Å². The minimum atomic E-state index is -0.637. The lowest BCUT2D eigenvalue weighted by molar-refractivity contribution is -0.122. The van der Waals surface area contributed by atoms with Crippen LogP contribution in [0.5, 0.6) is 0 Å². The molecule has 2 amide bonds. The number of amides is 2. The van der Waals surface area contributed by atoms with Crippen LogP contribution in [0.25, 0.3) is 32.9 Å². The van der Waals surface area contributed by atoms with Crippen LogP contribution in [0.4, 0.5) is 10.1 Å². The Bertz CT molecular complexity index is 1280. The molecule has 5 rings (SSSR count). The Morgan fingerprint density at radius 1 is 1.10 bits per heavy atom. The standard InChI is InChI=1S/C22H17FN4O2/c23-16-11-18-15(10-19(16)25-22(29)17-7-8-20(28)24-17)21(27-26-18)14-6-5-12-3-1-2-4-13(12)9-14/h1-6,9-11,17H,7-8H2,(H,24,28)(H,25,29)(H,26,27). The number of carbonyl (C=O) groups excluding carboxylic acids is 2. The van der Waals surface area contributed by atoms with E-state index < -0.39 is 17.8 Å². The number of halogens is 1. The first-order valence-corrected chi connectivity index (χ1v) is 9.35. The highest BCUT2D eigenvalue weighted by atomic mass is 19.1. The fourth-order valence-electron chi connectivity index (χ4n) is 3.72. The van der Waals surface area contributed by atoms with Gasteiger partial charge in [-0.05, 0) is 29.3 Å². The third-order valence-electron chi connectivity index (χ3n) is 5.24. The first kappa shape index (κ1) is 17.4. The quantitative estimate of drug-likeness (QED) is 0.500. The molecule has 0 bridgehead atoms. The predicted molar refractivity (Wildman–Crippen MR) is 109 cm³/mol. The molecule has 1 aliphatic heterocycles. The average Bonchev–Trinajstić information content (AvgIpc) is 3.34. The molecular formula is C22H17FN4O2. The normalized spacial score (nSPS) is 16.3. The zero-order chi connectivity index (χ0) is 20.0. The van der Waals surface area contributed by atoms with Gasteiger partial charge in [-0.25, -0.2) is 4.39 Å². The van der Waals surface area contributed by atoms with Crippen molar-refractivity contribution in [3.8, 4) is 11.3 Å². The highest BCUT2D eigenvalue weighted by Gasteiger charge is 2.28. The molecule has 3 aromatic carbocycles. The number of aromatic nitrogens is 2. The van der Waals surface area contributed by atoms with Gasteiger partial charge in [0.1, 0.15) is 11.9 Å². The molecule has 3 N–H and O–H groups in total. The van der Waals surface area contributed by atoms with E-state index >= 15 is 0 Å². The Kier molecular flexibility index (Phi) is 4.01. The van der Waals surface area contributed by atoms with E-state index in [-0.39, 0.29) is 11.6 Å². The Hall–Kier alpha value is -3.74. The van der Waals surface area contributed by atoms with Crippen molar-refractivity contribution in [3.63, 3.8) is 0 Å². The number of aromatic amines is 1. The first-order chi connectivity index (χ1) is 14.1. The molecule has 4 aromatic rings.